The molecule has 0 amide bonds. The van der Waals surface area contributed by atoms with E-state index in [4.69, 9.17) is 9.88 Å². The molecule has 0 bridgehead atoms. The highest BCUT2D eigenvalue weighted by atomic mass is 32.2. The normalized spacial score (nSPS) is 10.4. The van der Waals surface area contributed by atoms with E-state index in [2.05, 4.69) is 31.2 Å². The molecule has 2 nitrogen and oxygen atoms in total. The first-order valence-electron chi connectivity index (χ1n) is 5.90. The van der Waals surface area contributed by atoms with Gasteiger partial charge in [-0.15, -0.1) is 0 Å². The predicted octanol–water partition coefficient (Wildman–Crippen LogP) is 3.41. The van der Waals surface area contributed by atoms with Gasteiger partial charge in [0.05, 0.1) is 6.61 Å². The van der Waals surface area contributed by atoms with Crippen molar-refractivity contribution in [2.45, 2.75) is 32.6 Å². The SMILES string of the molecule is CCCCOc1ccc(CCCSN)cc1. The highest BCUT2D eigenvalue weighted by Gasteiger charge is 1.96. The van der Waals surface area contributed by atoms with Crippen LogP contribution in [-0.2, 0) is 6.42 Å². The zero-order valence-corrected chi connectivity index (χ0v) is 10.8. The van der Waals surface area contributed by atoms with Crippen molar-refractivity contribution in [2.75, 3.05) is 12.4 Å². The van der Waals surface area contributed by atoms with Gasteiger partial charge in [-0.1, -0.05) is 37.4 Å². The molecule has 0 radical (unpaired) electrons. The van der Waals surface area contributed by atoms with Crippen LogP contribution in [0.3, 0.4) is 0 Å². The van der Waals surface area contributed by atoms with Crippen LogP contribution in [0.15, 0.2) is 24.3 Å². The lowest BCUT2D eigenvalue weighted by Gasteiger charge is -2.06. The number of rotatable bonds is 8. The van der Waals surface area contributed by atoms with Gasteiger partial charge < -0.3 is 4.74 Å². The molecule has 0 atom stereocenters. The van der Waals surface area contributed by atoms with E-state index in [1.807, 2.05) is 0 Å². The van der Waals surface area contributed by atoms with Crippen LogP contribution in [0.1, 0.15) is 31.7 Å². The topological polar surface area (TPSA) is 35.2 Å². The second-order valence-electron chi connectivity index (χ2n) is 3.82. The average Bonchev–Trinajstić information content (AvgIpc) is 2.32. The number of benzene rings is 1. The maximum absolute atomic E-state index is 5.60. The molecule has 0 heterocycles. The summed E-state index contributed by atoms with van der Waals surface area (Å²) >= 11 is 1.41. The van der Waals surface area contributed by atoms with Crippen LogP contribution in [0, 0.1) is 0 Å². The van der Waals surface area contributed by atoms with E-state index < -0.39 is 0 Å². The largest absolute Gasteiger partial charge is 0.494 e. The zero-order valence-electron chi connectivity index (χ0n) is 9.95. The van der Waals surface area contributed by atoms with E-state index in [0.29, 0.717) is 0 Å². The van der Waals surface area contributed by atoms with E-state index in [-0.39, 0.29) is 0 Å². The molecule has 3 heteroatoms. The molecule has 0 spiro atoms. The summed E-state index contributed by atoms with van der Waals surface area (Å²) in [6.45, 7) is 2.99. The Bertz CT molecular complexity index is 245. The van der Waals surface area contributed by atoms with Gasteiger partial charge in [0.1, 0.15) is 5.75 Å². The smallest absolute Gasteiger partial charge is 0.119 e. The number of ether oxygens (including phenoxy) is 1. The summed E-state index contributed by atoms with van der Waals surface area (Å²) in [5.41, 5.74) is 1.36. The molecule has 90 valence electrons. The highest BCUT2D eigenvalue weighted by Crippen LogP contribution is 2.14. The maximum atomic E-state index is 5.60. The summed E-state index contributed by atoms with van der Waals surface area (Å²) < 4.78 is 5.60. The van der Waals surface area contributed by atoms with Crippen LogP contribution >= 0.6 is 11.9 Å². The van der Waals surface area contributed by atoms with Gasteiger partial charge in [0, 0.05) is 5.75 Å². The Hall–Kier alpha value is -0.670. The van der Waals surface area contributed by atoms with Gasteiger partial charge in [-0.05, 0) is 37.0 Å². The molecule has 1 rings (SSSR count). The Balaban J connectivity index is 2.30. The Morgan fingerprint density at radius 1 is 1.19 bits per heavy atom. The molecule has 2 N–H and O–H groups in total. The zero-order chi connectivity index (χ0) is 11.6. The highest BCUT2D eigenvalue weighted by molar-refractivity contribution is 7.97. The third-order valence-electron chi connectivity index (χ3n) is 2.42. The quantitative estimate of drug-likeness (QED) is 0.558. The van der Waals surface area contributed by atoms with Crippen LogP contribution < -0.4 is 9.88 Å². The van der Waals surface area contributed by atoms with Gasteiger partial charge in [-0.3, -0.25) is 5.14 Å². The van der Waals surface area contributed by atoms with Crippen LogP contribution in [0.2, 0.25) is 0 Å². The number of hydrogen-bond donors (Lipinski definition) is 1. The average molecular weight is 239 g/mol. The molecule has 0 aliphatic carbocycles. The van der Waals surface area contributed by atoms with Crippen molar-refractivity contribution in [2.24, 2.45) is 5.14 Å². The number of nitrogens with two attached hydrogens (primary N) is 1. The molecule has 0 aliphatic heterocycles. The molecule has 0 fully saturated rings. The van der Waals surface area contributed by atoms with E-state index in [1.165, 1.54) is 23.9 Å². The molecule has 0 unspecified atom stereocenters. The molecule has 0 aromatic heterocycles. The van der Waals surface area contributed by atoms with Crippen LogP contribution in [-0.4, -0.2) is 12.4 Å². The Morgan fingerprint density at radius 2 is 1.94 bits per heavy atom. The standard InChI is InChI=1S/C13H21NOS/c1-2-3-10-15-13-8-6-12(7-9-13)5-4-11-16-14/h6-9H,2-5,10-11,14H2,1H3. The maximum Gasteiger partial charge on any atom is 0.119 e. The van der Waals surface area contributed by atoms with Crippen molar-refractivity contribution in [1.29, 1.82) is 0 Å². The lowest BCUT2D eigenvalue weighted by Crippen LogP contribution is -1.96. The van der Waals surface area contributed by atoms with E-state index in [1.54, 1.807) is 0 Å². The van der Waals surface area contributed by atoms with Gasteiger partial charge >= 0.3 is 0 Å². The summed E-state index contributed by atoms with van der Waals surface area (Å²) in [5.74, 6) is 2.00. The third kappa shape index (κ3) is 5.42. The second kappa shape index (κ2) is 8.48. The van der Waals surface area contributed by atoms with Gasteiger partial charge in [0.2, 0.25) is 0 Å². The predicted molar refractivity (Wildman–Crippen MR) is 71.8 cm³/mol. The summed E-state index contributed by atoms with van der Waals surface area (Å²) in [6.07, 6.45) is 4.53. The molecule has 16 heavy (non-hydrogen) atoms. The summed E-state index contributed by atoms with van der Waals surface area (Å²) in [7, 11) is 0. The molecule has 0 saturated carbocycles. The fraction of sp³-hybridized carbons (Fsp3) is 0.538. The Labute approximate surface area is 103 Å². The van der Waals surface area contributed by atoms with E-state index >= 15 is 0 Å². The van der Waals surface area contributed by atoms with Crippen molar-refractivity contribution >= 4 is 11.9 Å². The first-order chi connectivity index (χ1) is 7.86. The van der Waals surface area contributed by atoms with Crippen molar-refractivity contribution < 1.29 is 4.74 Å². The van der Waals surface area contributed by atoms with Gasteiger partial charge in [-0.25, -0.2) is 0 Å². The van der Waals surface area contributed by atoms with Gasteiger partial charge in [-0.2, -0.15) is 0 Å². The minimum Gasteiger partial charge on any atom is -0.494 e. The third-order valence-corrected chi connectivity index (χ3v) is 2.94. The minimum absolute atomic E-state index is 0.819. The summed E-state index contributed by atoms with van der Waals surface area (Å²) in [4.78, 5) is 0. The first-order valence-corrected chi connectivity index (χ1v) is 6.95. The fourth-order valence-electron chi connectivity index (χ4n) is 1.45. The van der Waals surface area contributed by atoms with Crippen LogP contribution in [0.25, 0.3) is 0 Å². The van der Waals surface area contributed by atoms with E-state index in [0.717, 1.165) is 37.4 Å². The molecule has 0 aliphatic rings. The minimum atomic E-state index is 0.819. The molecular formula is C13H21NOS. The van der Waals surface area contributed by atoms with Crippen LogP contribution in [0.5, 0.6) is 5.75 Å². The molecule has 1 aromatic carbocycles. The van der Waals surface area contributed by atoms with Gasteiger partial charge in [0.25, 0.3) is 0 Å². The van der Waals surface area contributed by atoms with Gasteiger partial charge in [0.15, 0.2) is 0 Å². The molecule has 1 aromatic rings. The molecular weight excluding hydrogens is 218 g/mol. The van der Waals surface area contributed by atoms with Crippen molar-refractivity contribution in [3.8, 4) is 5.75 Å². The fourth-order valence-corrected chi connectivity index (χ4v) is 1.76. The first kappa shape index (κ1) is 13.4. The lowest BCUT2D eigenvalue weighted by molar-refractivity contribution is 0.309. The lowest BCUT2D eigenvalue weighted by atomic mass is 10.1. The van der Waals surface area contributed by atoms with Crippen LogP contribution in [0.4, 0.5) is 0 Å². The van der Waals surface area contributed by atoms with Crippen molar-refractivity contribution in [1.82, 2.24) is 0 Å². The molecule has 0 saturated heterocycles. The van der Waals surface area contributed by atoms with Crippen molar-refractivity contribution in [3.05, 3.63) is 29.8 Å². The second-order valence-corrected chi connectivity index (χ2v) is 4.56. The summed E-state index contributed by atoms with van der Waals surface area (Å²) in [6, 6.07) is 8.39. The number of hydrogen-bond acceptors (Lipinski definition) is 3. The van der Waals surface area contributed by atoms with E-state index in [9.17, 15) is 0 Å². The Morgan fingerprint density at radius 3 is 2.56 bits per heavy atom. The Kier molecular flexibility index (Phi) is 7.10. The number of unbranched alkanes of at least 4 members (excludes halogenated alkanes) is 1. The monoisotopic (exact) mass is 239 g/mol. The van der Waals surface area contributed by atoms with Crippen molar-refractivity contribution in [3.63, 3.8) is 0 Å². The number of aryl methyl sites for hydroxylation is 1. The summed E-state index contributed by atoms with van der Waals surface area (Å²) in [5, 5.41) is 5.38.